The van der Waals surface area contributed by atoms with Crippen molar-refractivity contribution in [2.24, 2.45) is 11.8 Å². The fourth-order valence-corrected chi connectivity index (χ4v) is 6.00. The molecule has 0 radical (unpaired) electrons. The number of rotatable bonds is 6. The van der Waals surface area contributed by atoms with Gasteiger partial charge in [-0.05, 0) is 41.9 Å². The average Bonchev–Trinajstić information content (AvgIpc) is 3.35. The molecule has 2 aliphatic heterocycles. The van der Waals surface area contributed by atoms with E-state index in [2.05, 4.69) is 5.32 Å². The van der Waals surface area contributed by atoms with Gasteiger partial charge in [0.25, 0.3) is 0 Å². The van der Waals surface area contributed by atoms with Crippen LogP contribution in [-0.2, 0) is 32.0 Å². The molecule has 2 aromatic carbocycles. The summed E-state index contributed by atoms with van der Waals surface area (Å²) in [5.41, 5.74) is 2.13. The highest BCUT2D eigenvalue weighted by atomic mass is 19.1. The molecule has 0 aromatic heterocycles. The second-order valence-corrected chi connectivity index (χ2v) is 10.5. The van der Waals surface area contributed by atoms with Crippen LogP contribution in [0.3, 0.4) is 0 Å². The van der Waals surface area contributed by atoms with Gasteiger partial charge >= 0.3 is 0 Å². The number of benzene rings is 2. The normalized spacial score (nSPS) is 23.7. The van der Waals surface area contributed by atoms with Crippen LogP contribution < -0.4 is 5.32 Å². The minimum atomic E-state index is -1.41. The van der Waals surface area contributed by atoms with Crippen molar-refractivity contribution < 1.29 is 27.9 Å². The smallest absolute Gasteiger partial charge is 0.250 e. The van der Waals surface area contributed by atoms with E-state index in [1.165, 1.54) is 15.9 Å². The van der Waals surface area contributed by atoms with E-state index in [9.17, 15) is 18.8 Å². The molecule has 0 spiro atoms. The van der Waals surface area contributed by atoms with E-state index in [0.717, 1.165) is 17.2 Å². The molecule has 5 rings (SSSR count). The maximum atomic E-state index is 15.3. The highest BCUT2D eigenvalue weighted by Crippen LogP contribution is 2.37. The summed E-state index contributed by atoms with van der Waals surface area (Å²) in [4.78, 5) is 44.9. The lowest BCUT2D eigenvalue weighted by Gasteiger charge is -2.47. The number of halogens is 2. The zero-order chi connectivity index (χ0) is 27.0. The van der Waals surface area contributed by atoms with Gasteiger partial charge in [0, 0.05) is 24.7 Å². The minimum Gasteiger partial charge on any atom is -0.378 e. The van der Waals surface area contributed by atoms with Crippen molar-refractivity contribution in [1.29, 1.82) is 0 Å². The molecule has 3 unspecified atom stereocenters. The van der Waals surface area contributed by atoms with E-state index in [-0.39, 0.29) is 36.4 Å². The largest absolute Gasteiger partial charge is 0.378 e. The summed E-state index contributed by atoms with van der Waals surface area (Å²) in [6, 6.07) is 7.68. The van der Waals surface area contributed by atoms with Crippen LogP contribution in [0.15, 0.2) is 42.5 Å². The molecule has 2 saturated heterocycles. The summed E-state index contributed by atoms with van der Waals surface area (Å²) < 4.78 is 34.6. The van der Waals surface area contributed by atoms with Gasteiger partial charge in [0.05, 0.1) is 13.2 Å². The van der Waals surface area contributed by atoms with Crippen molar-refractivity contribution in [1.82, 2.24) is 15.1 Å². The SMILES string of the molecule is CCC(C)[C@@H]1C(=O)NC(C2Cc3ccccc3C2)C(=O)N1C(C(=O)N1CCOCC1)c1ccc(F)cc1F. The van der Waals surface area contributed by atoms with E-state index < -0.39 is 41.6 Å². The third kappa shape index (κ3) is 4.79. The topological polar surface area (TPSA) is 79.0 Å². The predicted octanol–water partition coefficient (Wildman–Crippen LogP) is 3.02. The molecule has 0 bridgehead atoms. The Bertz CT molecular complexity index is 1210. The Labute approximate surface area is 221 Å². The van der Waals surface area contributed by atoms with Crippen molar-refractivity contribution in [3.05, 3.63) is 70.8 Å². The fourth-order valence-electron chi connectivity index (χ4n) is 6.00. The average molecular weight is 526 g/mol. The van der Waals surface area contributed by atoms with E-state index in [1.54, 1.807) is 0 Å². The van der Waals surface area contributed by atoms with E-state index >= 15 is 4.39 Å². The van der Waals surface area contributed by atoms with Gasteiger partial charge in [-0.2, -0.15) is 0 Å². The number of hydrogen-bond acceptors (Lipinski definition) is 4. The lowest BCUT2D eigenvalue weighted by atomic mass is 9.85. The Balaban J connectivity index is 1.58. The monoisotopic (exact) mass is 525 g/mol. The first-order valence-corrected chi connectivity index (χ1v) is 13.3. The molecule has 2 fully saturated rings. The third-order valence-corrected chi connectivity index (χ3v) is 8.22. The number of carbonyl (C=O) groups is 3. The Morgan fingerprint density at radius 2 is 1.74 bits per heavy atom. The van der Waals surface area contributed by atoms with Crippen LogP contribution in [0.4, 0.5) is 8.78 Å². The third-order valence-electron chi connectivity index (χ3n) is 8.22. The number of ether oxygens (including phenoxy) is 1. The molecular formula is C29H33F2N3O4. The van der Waals surface area contributed by atoms with Crippen LogP contribution in [0.25, 0.3) is 0 Å². The number of nitrogens with one attached hydrogen (secondary N) is 1. The maximum absolute atomic E-state index is 15.3. The first kappa shape index (κ1) is 26.3. The van der Waals surface area contributed by atoms with Crippen molar-refractivity contribution in [3.8, 4) is 0 Å². The van der Waals surface area contributed by atoms with Crippen LogP contribution in [-0.4, -0.2) is 65.9 Å². The van der Waals surface area contributed by atoms with Gasteiger partial charge in [0.15, 0.2) is 0 Å². The number of fused-ring (bicyclic) bond motifs is 1. The van der Waals surface area contributed by atoms with Crippen LogP contribution in [0, 0.1) is 23.5 Å². The highest BCUT2D eigenvalue weighted by molar-refractivity contribution is 6.00. The summed E-state index contributed by atoms with van der Waals surface area (Å²) in [5, 5.41) is 2.96. The Morgan fingerprint density at radius 3 is 2.34 bits per heavy atom. The lowest BCUT2D eigenvalue weighted by Crippen LogP contribution is -2.68. The molecule has 3 aliphatic rings. The standard InChI is InChI=1S/C29H33F2N3O4/c1-3-17(2)25-27(35)32-24(20-14-18-6-4-5-7-19(18)15-20)28(36)34(25)26(22-9-8-21(30)16-23(22)31)29(37)33-10-12-38-13-11-33/h4-9,16-17,20,24-26H,3,10-15H2,1-2H3,(H,32,35)/t17?,24?,25-,26?/m1/s1. The molecule has 3 amide bonds. The number of hydrogen-bond donors (Lipinski definition) is 1. The summed E-state index contributed by atoms with van der Waals surface area (Å²) in [7, 11) is 0. The van der Waals surface area contributed by atoms with Crippen molar-refractivity contribution >= 4 is 17.7 Å². The fraction of sp³-hybridized carbons (Fsp3) is 0.483. The van der Waals surface area contributed by atoms with Gasteiger partial charge in [-0.25, -0.2) is 8.78 Å². The van der Waals surface area contributed by atoms with Crippen LogP contribution in [0.1, 0.15) is 43.0 Å². The quantitative estimate of drug-likeness (QED) is 0.629. The Morgan fingerprint density at radius 1 is 1.08 bits per heavy atom. The molecule has 1 N–H and O–H groups in total. The first-order valence-electron chi connectivity index (χ1n) is 13.3. The van der Waals surface area contributed by atoms with Gasteiger partial charge in [0.2, 0.25) is 17.7 Å². The lowest BCUT2D eigenvalue weighted by molar-refractivity contribution is -0.163. The Hall–Kier alpha value is -3.33. The molecule has 0 saturated carbocycles. The van der Waals surface area contributed by atoms with E-state index in [1.807, 2.05) is 38.1 Å². The molecule has 7 nitrogen and oxygen atoms in total. The second-order valence-electron chi connectivity index (χ2n) is 10.5. The number of nitrogens with zero attached hydrogens (tertiary/aromatic N) is 2. The molecule has 202 valence electrons. The van der Waals surface area contributed by atoms with Crippen molar-refractivity contribution in [3.63, 3.8) is 0 Å². The molecular weight excluding hydrogens is 492 g/mol. The molecule has 9 heteroatoms. The minimum absolute atomic E-state index is 0.118. The van der Waals surface area contributed by atoms with Gasteiger partial charge in [0.1, 0.15) is 29.8 Å². The predicted molar refractivity (Wildman–Crippen MR) is 136 cm³/mol. The van der Waals surface area contributed by atoms with Gasteiger partial charge in [-0.15, -0.1) is 0 Å². The highest BCUT2D eigenvalue weighted by Gasteiger charge is 2.51. The summed E-state index contributed by atoms with van der Waals surface area (Å²) in [5.74, 6) is -3.48. The van der Waals surface area contributed by atoms with Crippen molar-refractivity contribution in [2.75, 3.05) is 26.3 Å². The summed E-state index contributed by atoms with van der Waals surface area (Å²) in [6.45, 7) is 4.93. The molecule has 1 aliphatic carbocycles. The molecule has 2 heterocycles. The van der Waals surface area contributed by atoms with Gasteiger partial charge in [-0.3, -0.25) is 14.4 Å². The zero-order valence-electron chi connectivity index (χ0n) is 21.7. The van der Waals surface area contributed by atoms with Crippen LogP contribution in [0.2, 0.25) is 0 Å². The number of morpholine rings is 1. The van der Waals surface area contributed by atoms with Crippen molar-refractivity contribution in [2.45, 2.75) is 51.2 Å². The Kier molecular flexibility index (Phi) is 7.47. The van der Waals surface area contributed by atoms with Crippen LogP contribution >= 0.6 is 0 Å². The van der Waals surface area contributed by atoms with Gasteiger partial charge in [-0.1, -0.05) is 50.6 Å². The summed E-state index contributed by atoms with van der Waals surface area (Å²) in [6.07, 6.45) is 1.79. The summed E-state index contributed by atoms with van der Waals surface area (Å²) >= 11 is 0. The number of carbonyl (C=O) groups excluding carboxylic acids is 3. The maximum Gasteiger partial charge on any atom is 0.250 e. The van der Waals surface area contributed by atoms with E-state index in [4.69, 9.17) is 4.74 Å². The van der Waals surface area contributed by atoms with E-state index in [0.29, 0.717) is 38.5 Å². The molecule has 2 aromatic rings. The number of amides is 3. The molecule has 38 heavy (non-hydrogen) atoms. The number of piperazine rings is 1. The van der Waals surface area contributed by atoms with Crippen LogP contribution in [0.5, 0.6) is 0 Å². The second kappa shape index (κ2) is 10.8. The first-order chi connectivity index (χ1) is 18.3. The van der Waals surface area contributed by atoms with Gasteiger partial charge < -0.3 is 19.9 Å². The zero-order valence-corrected chi connectivity index (χ0v) is 21.7. The molecule has 4 atom stereocenters.